The van der Waals surface area contributed by atoms with Gasteiger partial charge in [-0.25, -0.2) is 0 Å². The number of amides is 2. The zero-order chi connectivity index (χ0) is 15.1. The highest BCUT2D eigenvalue weighted by molar-refractivity contribution is 7.10. The molecular weight excluding hydrogens is 286 g/mol. The molecule has 0 radical (unpaired) electrons. The first-order chi connectivity index (χ1) is 10.2. The fourth-order valence-corrected chi connectivity index (χ4v) is 3.32. The minimum atomic E-state index is -0.0476. The van der Waals surface area contributed by atoms with Crippen LogP contribution in [0.25, 0.3) is 0 Å². The molecule has 3 N–H and O–H groups in total. The van der Waals surface area contributed by atoms with Gasteiger partial charge in [0.15, 0.2) is 0 Å². The summed E-state index contributed by atoms with van der Waals surface area (Å²) < 4.78 is 0. The van der Waals surface area contributed by atoms with Crippen LogP contribution in [0.3, 0.4) is 0 Å². The third-order valence-electron chi connectivity index (χ3n) is 3.68. The summed E-state index contributed by atoms with van der Waals surface area (Å²) in [6, 6.07) is 2.09. The van der Waals surface area contributed by atoms with Crippen LogP contribution in [0.4, 0.5) is 0 Å². The largest absolute Gasteiger partial charge is 0.356 e. The molecule has 0 saturated heterocycles. The van der Waals surface area contributed by atoms with E-state index in [4.69, 9.17) is 5.73 Å². The third kappa shape index (κ3) is 4.82. The summed E-state index contributed by atoms with van der Waals surface area (Å²) in [5, 5.41) is 4.90. The number of nitrogens with zero attached hydrogens (tertiary/aromatic N) is 1. The van der Waals surface area contributed by atoms with Crippen molar-refractivity contribution in [3.05, 3.63) is 21.9 Å². The summed E-state index contributed by atoms with van der Waals surface area (Å²) in [5.74, 6) is 0.0255. The van der Waals surface area contributed by atoms with Crippen LogP contribution in [0.1, 0.15) is 36.1 Å². The van der Waals surface area contributed by atoms with Crippen LogP contribution in [0.2, 0.25) is 0 Å². The van der Waals surface area contributed by atoms with Gasteiger partial charge in [0.2, 0.25) is 11.8 Å². The number of rotatable bonds is 7. The Hall–Kier alpha value is -1.40. The van der Waals surface area contributed by atoms with Crippen LogP contribution >= 0.6 is 11.3 Å². The summed E-state index contributed by atoms with van der Waals surface area (Å²) >= 11 is 1.76. The normalized spacial score (nSPS) is 13.9. The number of thiophene rings is 1. The topological polar surface area (TPSA) is 75.4 Å². The van der Waals surface area contributed by atoms with Gasteiger partial charge in [-0.1, -0.05) is 0 Å². The summed E-state index contributed by atoms with van der Waals surface area (Å²) in [5.41, 5.74) is 6.65. The van der Waals surface area contributed by atoms with Gasteiger partial charge in [-0.2, -0.15) is 0 Å². The smallest absolute Gasteiger partial charge is 0.223 e. The molecule has 2 amide bonds. The summed E-state index contributed by atoms with van der Waals surface area (Å²) in [4.78, 5) is 27.0. The lowest BCUT2D eigenvalue weighted by Crippen LogP contribution is -2.36. The van der Waals surface area contributed by atoms with Gasteiger partial charge in [0.05, 0.1) is 0 Å². The molecule has 1 aliphatic rings. The van der Waals surface area contributed by atoms with Gasteiger partial charge in [-0.15, -0.1) is 11.3 Å². The number of fused-ring (bicyclic) bond motifs is 1. The number of nitrogens with one attached hydrogen (secondary N) is 1. The Balaban J connectivity index is 1.67. The van der Waals surface area contributed by atoms with E-state index in [0.717, 1.165) is 25.8 Å². The molecule has 116 valence electrons. The van der Waals surface area contributed by atoms with Crippen LogP contribution in [0.15, 0.2) is 11.4 Å². The van der Waals surface area contributed by atoms with Crippen molar-refractivity contribution in [3.8, 4) is 0 Å². The second-order valence-corrected chi connectivity index (χ2v) is 6.28. The Morgan fingerprint density at radius 3 is 3.00 bits per heavy atom. The average molecular weight is 309 g/mol. The highest BCUT2D eigenvalue weighted by Crippen LogP contribution is 2.24. The van der Waals surface area contributed by atoms with E-state index in [2.05, 4.69) is 16.8 Å². The highest BCUT2D eigenvalue weighted by Gasteiger charge is 2.21. The SMILES string of the molecule is NCCCCNC(=O)CCC(=O)N1CCc2sccc2C1. The Morgan fingerprint density at radius 2 is 2.19 bits per heavy atom. The first-order valence-electron chi connectivity index (χ1n) is 7.50. The zero-order valence-corrected chi connectivity index (χ0v) is 13.1. The Labute approximate surface area is 129 Å². The third-order valence-corrected chi connectivity index (χ3v) is 4.70. The van der Waals surface area contributed by atoms with Crippen molar-refractivity contribution in [3.63, 3.8) is 0 Å². The van der Waals surface area contributed by atoms with E-state index in [-0.39, 0.29) is 18.2 Å². The van der Waals surface area contributed by atoms with E-state index in [1.807, 2.05) is 4.90 Å². The average Bonchev–Trinajstić information content (AvgIpc) is 2.96. The Kier molecular flexibility index (Phi) is 6.20. The Bertz CT molecular complexity index is 487. The molecule has 0 spiro atoms. The maximum Gasteiger partial charge on any atom is 0.223 e. The van der Waals surface area contributed by atoms with Crippen molar-refractivity contribution in [2.24, 2.45) is 5.73 Å². The van der Waals surface area contributed by atoms with E-state index < -0.39 is 0 Å². The second kappa shape index (κ2) is 8.14. The van der Waals surface area contributed by atoms with Crippen molar-refractivity contribution in [1.82, 2.24) is 10.2 Å². The summed E-state index contributed by atoms with van der Waals surface area (Å²) in [6.45, 7) is 2.75. The van der Waals surface area contributed by atoms with Crippen LogP contribution in [-0.2, 0) is 22.6 Å². The highest BCUT2D eigenvalue weighted by atomic mass is 32.1. The molecule has 2 rings (SSSR count). The predicted molar refractivity (Wildman–Crippen MR) is 84.0 cm³/mol. The predicted octanol–water partition coefficient (Wildman–Crippen LogP) is 1.27. The maximum absolute atomic E-state index is 12.1. The molecule has 0 atom stereocenters. The van der Waals surface area contributed by atoms with Gasteiger partial charge in [-0.05, 0) is 42.8 Å². The maximum atomic E-state index is 12.1. The molecule has 2 heterocycles. The van der Waals surface area contributed by atoms with Crippen molar-refractivity contribution < 1.29 is 9.59 Å². The number of carbonyl (C=O) groups is 2. The molecule has 0 aromatic carbocycles. The van der Waals surface area contributed by atoms with E-state index >= 15 is 0 Å². The van der Waals surface area contributed by atoms with Crippen molar-refractivity contribution in [1.29, 1.82) is 0 Å². The fraction of sp³-hybridized carbons (Fsp3) is 0.600. The monoisotopic (exact) mass is 309 g/mol. The lowest BCUT2D eigenvalue weighted by atomic mass is 10.1. The second-order valence-electron chi connectivity index (χ2n) is 5.28. The molecular formula is C15H23N3O2S. The number of nitrogens with two attached hydrogens (primary N) is 1. The minimum Gasteiger partial charge on any atom is -0.356 e. The number of hydrogen-bond acceptors (Lipinski definition) is 4. The molecule has 1 aliphatic heterocycles. The number of hydrogen-bond donors (Lipinski definition) is 2. The summed E-state index contributed by atoms with van der Waals surface area (Å²) in [7, 11) is 0. The quantitative estimate of drug-likeness (QED) is 0.745. The summed E-state index contributed by atoms with van der Waals surface area (Å²) in [6.07, 6.45) is 3.31. The van der Waals surface area contributed by atoms with Crippen LogP contribution in [0, 0.1) is 0 Å². The molecule has 1 aromatic rings. The van der Waals surface area contributed by atoms with Gasteiger partial charge >= 0.3 is 0 Å². The molecule has 0 unspecified atom stereocenters. The molecule has 5 nitrogen and oxygen atoms in total. The van der Waals surface area contributed by atoms with Crippen LogP contribution in [0.5, 0.6) is 0 Å². The molecule has 6 heteroatoms. The van der Waals surface area contributed by atoms with E-state index in [9.17, 15) is 9.59 Å². The van der Waals surface area contributed by atoms with Gasteiger partial charge in [-0.3, -0.25) is 9.59 Å². The molecule has 0 aliphatic carbocycles. The molecule has 0 bridgehead atoms. The van der Waals surface area contributed by atoms with Gasteiger partial charge in [0.1, 0.15) is 0 Å². The van der Waals surface area contributed by atoms with Crippen molar-refractivity contribution in [2.75, 3.05) is 19.6 Å². The number of carbonyl (C=O) groups excluding carboxylic acids is 2. The van der Waals surface area contributed by atoms with E-state index in [1.165, 1.54) is 10.4 Å². The molecule has 1 aromatic heterocycles. The molecule has 21 heavy (non-hydrogen) atoms. The van der Waals surface area contributed by atoms with Crippen LogP contribution in [-0.4, -0.2) is 36.3 Å². The van der Waals surface area contributed by atoms with Crippen molar-refractivity contribution >= 4 is 23.2 Å². The fourth-order valence-electron chi connectivity index (χ4n) is 2.43. The lowest BCUT2D eigenvalue weighted by Gasteiger charge is -2.27. The lowest BCUT2D eigenvalue weighted by molar-refractivity contribution is -0.134. The van der Waals surface area contributed by atoms with E-state index in [1.54, 1.807) is 11.3 Å². The number of unbranched alkanes of at least 4 members (excludes halogenated alkanes) is 1. The minimum absolute atomic E-state index is 0.0476. The van der Waals surface area contributed by atoms with Gasteiger partial charge in [0, 0.05) is 37.4 Å². The first kappa shape index (κ1) is 16.0. The zero-order valence-electron chi connectivity index (χ0n) is 12.3. The van der Waals surface area contributed by atoms with Gasteiger partial charge < -0.3 is 16.0 Å². The standard InChI is InChI=1S/C15H23N3O2S/c16-7-1-2-8-17-14(19)3-4-15(20)18-9-5-13-12(11-18)6-10-21-13/h6,10H,1-5,7-9,11,16H2,(H,17,19). The Morgan fingerprint density at radius 1 is 1.33 bits per heavy atom. The van der Waals surface area contributed by atoms with E-state index in [0.29, 0.717) is 26.1 Å². The first-order valence-corrected chi connectivity index (χ1v) is 8.38. The van der Waals surface area contributed by atoms with Crippen molar-refractivity contribution in [2.45, 2.75) is 38.6 Å². The van der Waals surface area contributed by atoms with Gasteiger partial charge in [0.25, 0.3) is 0 Å². The van der Waals surface area contributed by atoms with Crippen LogP contribution < -0.4 is 11.1 Å². The molecule has 0 saturated carbocycles. The molecule has 0 fully saturated rings.